The van der Waals surface area contributed by atoms with Crippen molar-refractivity contribution in [1.82, 2.24) is 10.3 Å². The summed E-state index contributed by atoms with van der Waals surface area (Å²) in [4.78, 5) is 18.2. The highest BCUT2D eigenvalue weighted by atomic mass is 35.5. The minimum absolute atomic E-state index is 0. The van der Waals surface area contributed by atoms with Gasteiger partial charge in [0.15, 0.2) is 0 Å². The maximum Gasteiger partial charge on any atom is 0.252 e. The Kier molecular flexibility index (Phi) is 7.54. The number of nitrogens with zero attached hydrogens (tertiary/aromatic N) is 1. The summed E-state index contributed by atoms with van der Waals surface area (Å²) in [5, 5.41) is 3.96. The maximum atomic E-state index is 12.5. The number of halogens is 2. The van der Waals surface area contributed by atoms with E-state index in [1.807, 2.05) is 40.7 Å². The Balaban J connectivity index is 0.00000242. The van der Waals surface area contributed by atoms with Crippen molar-refractivity contribution < 1.29 is 4.79 Å². The molecule has 1 aromatic heterocycles. The maximum absolute atomic E-state index is 12.5. The van der Waals surface area contributed by atoms with E-state index in [1.165, 1.54) is 4.88 Å². The van der Waals surface area contributed by atoms with Crippen LogP contribution in [0.4, 0.5) is 5.69 Å². The van der Waals surface area contributed by atoms with Crippen LogP contribution in [0.25, 0.3) is 0 Å². The van der Waals surface area contributed by atoms with Crippen molar-refractivity contribution >= 4 is 47.7 Å². The molecule has 1 aromatic carbocycles. The molecule has 4 nitrogen and oxygen atoms in total. The lowest BCUT2D eigenvalue weighted by Gasteiger charge is -2.24. The third-order valence-corrected chi connectivity index (χ3v) is 4.89. The summed E-state index contributed by atoms with van der Waals surface area (Å²) in [6.45, 7) is 9.85. The third-order valence-electron chi connectivity index (χ3n) is 3.50. The summed E-state index contributed by atoms with van der Waals surface area (Å²) >= 11 is 1.62. The zero-order chi connectivity index (χ0) is 15.8. The number of hydrogen-bond acceptors (Lipinski definition) is 4. The topological polar surface area (TPSA) is 68.0 Å². The molecule has 0 unspecified atom stereocenters. The van der Waals surface area contributed by atoms with Gasteiger partial charge in [-0.2, -0.15) is 0 Å². The summed E-state index contributed by atoms with van der Waals surface area (Å²) in [6.07, 6.45) is 0. The van der Waals surface area contributed by atoms with Crippen LogP contribution in [0.5, 0.6) is 0 Å². The molecular weight excluding hydrogens is 353 g/mol. The molecule has 0 saturated heterocycles. The quantitative estimate of drug-likeness (QED) is 0.791. The van der Waals surface area contributed by atoms with Crippen LogP contribution in [-0.4, -0.2) is 10.9 Å². The van der Waals surface area contributed by atoms with E-state index in [2.05, 4.69) is 10.3 Å². The number of nitrogens with one attached hydrogen (secondary N) is 1. The Morgan fingerprint density at radius 1 is 1.22 bits per heavy atom. The largest absolute Gasteiger partial charge is 0.399 e. The van der Waals surface area contributed by atoms with E-state index in [4.69, 9.17) is 5.73 Å². The molecule has 0 fully saturated rings. The van der Waals surface area contributed by atoms with Crippen LogP contribution in [0.1, 0.15) is 45.3 Å². The van der Waals surface area contributed by atoms with Gasteiger partial charge in [0.1, 0.15) is 5.01 Å². The molecule has 0 bridgehead atoms. The highest BCUT2D eigenvalue weighted by Crippen LogP contribution is 2.27. The number of rotatable bonds is 3. The Hall–Kier alpha value is -1.30. The predicted octanol–water partition coefficient (Wildman–Crippen LogP) is 4.16. The first-order valence-electron chi connectivity index (χ1n) is 6.84. The Morgan fingerprint density at radius 2 is 1.83 bits per heavy atom. The number of nitrogen functional groups attached to an aromatic ring is 1. The summed E-state index contributed by atoms with van der Waals surface area (Å²) < 4.78 is 0. The number of aryl methyl sites for hydroxylation is 3. The van der Waals surface area contributed by atoms with Gasteiger partial charge in [-0.15, -0.1) is 36.2 Å². The Bertz CT molecular complexity index is 679. The number of thiazole rings is 1. The minimum Gasteiger partial charge on any atom is -0.399 e. The lowest BCUT2D eigenvalue weighted by molar-refractivity contribution is 0.0911. The molecule has 0 spiro atoms. The summed E-state index contributed by atoms with van der Waals surface area (Å²) in [7, 11) is 0. The van der Waals surface area contributed by atoms with Gasteiger partial charge < -0.3 is 11.1 Å². The lowest BCUT2D eigenvalue weighted by Crippen LogP contribution is -2.41. The van der Waals surface area contributed by atoms with E-state index in [1.54, 1.807) is 23.5 Å². The normalized spacial score (nSPS) is 10.5. The standard InChI is InChI=1S/C16H21N3OS.2ClH/c1-9-6-7-12(17)8-13(9)14(20)19-16(4,5)15-18-10(2)11(3)21-15;;/h6-8H,17H2,1-5H3,(H,19,20);2*1H. The van der Waals surface area contributed by atoms with Crippen LogP contribution < -0.4 is 11.1 Å². The lowest BCUT2D eigenvalue weighted by atomic mass is 10.0. The van der Waals surface area contributed by atoms with Crippen LogP contribution in [0, 0.1) is 20.8 Å². The van der Waals surface area contributed by atoms with Gasteiger partial charge in [-0.25, -0.2) is 4.98 Å². The van der Waals surface area contributed by atoms with Crippen LogP contribution >= 0.6 is 36.2 Å². The number of amides is 1. The summed E-state index contributed by atoms with van der Waals surface area (Å²) in [5.74, 6) is -0.129. The molecule has 0 atom stereocenters. The molecule has 0 radical (unpaired) electrons. The van der Waals surface area contributed by atoms with Crippen LogP contribution in [0.15, 0.2) is 18.2 Å². The molecule has 7 heteroatoms. The monoisotopic (exact) mass is 375 g/mol. The van der Waals surface area contributed by atoms with E-state index >= 15 is 0 Å². The van der Waals surface area contributed by atoms with E-state index in [0.29, 0.717) is 11.3 Å². The van der Waals surface area contributed by atoms with Crippen molar-refractivity contribution in [3.05, 3.63) is 44.9 Å². The number of aromatic nitrogens is 1. The van der Waals surface area contributed by atoms with Crippen molar-refractivity contribution in [1.29, 1.82) is 0 Å². The first kappa shape index (κ1) is 21.7. The van der Waals surface area contributed by atoms with Crippen molar-refractivity contribution in [2.75, 3.05) is 5.73 Å². The van der Waals surface area contributed by atoms with Gasteiger partial charge >= 0.3 is 0 Å². The average Bonchev–Trinajstić information content (AvgIpc) is 2.73. The minimum atomic E-state index is -0.516. The number of benzene rings is 1. The fourth-order valence-corrected chi connectivity index (χ4v) is 3.00. The van der Waals surface area contributed by atoms with Gasteiger partial charge in [-0.1, -0.05) is 6.07 Å². The fourth-order valence-electron chi connectivity index (χ4n) is 2.03. The van der Waals surface area contributed by atoms with Gasteiger partial charge in [-0.05, 0) is 52.3 Å². The second-order valence-corrected chi connectivity index (χ2v) is 7.02. The predicted molar refractivity (Wildman–Crippen MR) is 102 cm³/mol. The number of anilines is 1. The van der Waals surface area contributed by atoms with Gasteiger partial charge in [-0.3, -0.25) is 4.79 Å². The highest BCUT2D eigenvalue weighted by molar-refractivity contribution is 7.11. The van der Waals surface area contributed by atoms with Crippen molar-refractivity contribution in [2.45, 2.75) is 40.2 Å². The average molecular weight is 376 g/mol. The van der Waals surface area contributed by atoms with E-state index in [-0.39, 0.29) is 30.7 Å². The summed E-state index contributed by atoms with van der Waals surface area (Å²) in [5.41, 5.74) is 8.37. The number of carbonyl (C=O) groups excluding carboxylic acids is 1. The van der Waals surface area contributed by atoms with Gasteiger partial charge in [0.2, 0.25) is 0 Å². The van der Waals surface area contributed by atoms with Gasteiger partial charge in [0.05, 0.1) is 11.2 Å². The Morgan fingerprint density at radius 3 is 2.35 bits per heavy atom. The highest BCUT2D eigenvalue weighted by Gasteiger charge is 2.28. The van der Waals surface area contributed by atoms with Crippen molar-refractivity contribution in [2.24, 2.45) is 0 Å². The number of carbonyl (C=O) groups is 1. The summed E-state index contributed by atoms with van der Waals surface area (Å²) in [6, 6.07) is 5.36. The van der Waals surface area contributed by atoms with Crippen LogP contribution in [0.3, 0.4) is 0 Å². The smallest absolute Gasteiger partial charge is 0.252 e. The van der Waals surface area contributed by atoms with Crippen LogP contribution in [0.2, 0.25) is 0 Å². The van der Waals surface area contributed by atoms with Crippen molar-refractivity contribution in [3.63, 3.8) is 0 Å². The van der Waals surface area contributed by atoms with Gasteiger partial charge in [0.25, 0.3) is 5.91 Å². The van der Waals surface area contributed by atoms with E-state index in [9.17, 15) is 4.79 Å². The zero-order valence-electron chi connectivity index (χ0n) is 13.9. The molecular formula is C16H23Cl2N3OS. The second kappa shape index (κ2) is 7.99. The van der Waals surface area contributed by atoms with Crippen molar-refractivity contribution in [3.8, 4) is 0 Å². The number of nitrogens with two attached hydrogens (primary N) is 1. The first-order valence-corrected chi connectivity index (χ1v) is 7.65. The second-order valence-electron chi connectivity index (χ2n) is 5.81. The molecule has 0 aliphatic rings. The molecule has 0 saturated carbocycles. The van der Waals surface area contributed by atoms with Crippen LogP contribution in [-0.2, 0) is 5.54 Å². The fraction of sp³-hybridized carbons (Fsp3) is 0.375. The zero-order valence-corrected chi connectivity index (χ0v) is 16.3. The molecule has 0 aliphatic heterocycles. The molecule has 23 heavy (non-hydrogen) atoms. The molecule has 2 aromatic rings. The van der Waals surface area contributed by atoms with E-state index < -0.39 is 5.54 Å². The molecule has 3 N–H and O–H groups in total. The Labute approximate surface area is 153 Å². The molecule has 1 amide bonds. The third kappa shape index (κ3) is 4.83. The van der Waals surface area contributed by atoms with E-state index in [0.717, 1.165) is 16.3 Å². The molecule has 128 valence electrons. The molecule has 1 heterocycles. The molecule has 2 rings (SSSR count). The SMILES string of the molecule is Cc1ccc(N)cc1C(=O)NC(C)(C)c1nc(C)c(C)s1.Cl.Cl. The van der Waals surface area contributed by atoms with Gasteiger partial charge in [0, 0.05) is 16.1 Å². The molecule has 0 aliphatic carbocycles. The first-order chi connectivity index (χ1) is 9.70. The number of hydrogen-bond donors (Lipinski definition) is 2.